The maximum Gasteiger partial charge on any atom is 0.335 e. The van der Waals surface area contributed by atoms with Crippen molar-refractivity contribution in [3.63, 3.8) is 0 Å². The van der Waals surface area contributed by atoms with E-state index < -0.39 is 0 Å². The van der Waals surface area contributed by atoms with E-state index in [1.807, 2.05) is 12.1 Å². The van der Waals surface area contributed by atoms with Gasteiger partial charge in [0.05, 0.1) is 12.2 Å². The molecule has 2 rings (SSSR count). The molecule has 19 heavy (non-hydrogen) atoms. The lowest BCUT2D eigenvalue weighted by molar-refractivity contribution is 0.329. The van der Waals surface area contributed by atoms with Crippen molar-refractivity contribution in [2.24, 2.45) is 0 Å². The third kappa shape index (κ3) is 3.24. The van der Waals surface area contributed by atoms with E-state index in [4.69, 9.17) is 5.79 Å². The summed E-state index contributed by atoms with van der Waals surface area (Å²) in [5, 5.41) is 0.593. The Bertz CT molecular complexity index is 582. The monoisotopic (exact) mass is 276 g/mol. The Labute approximate surface area is 121 Å². The van der Waals surface area contributed by atoms with Crippen LogP contribution in [0, 0.1) is 0 Å². The van der Waals surface area contributed by atoms with Gasteiger partial charge in [-0.3, -0.25) is 0 Å². The van der Waals surface area contributed by atoms with Crippen molar-refractivity contribution in [3.8, 4) is 10.4 Å². The molecule has 2 aromatic heterocycles. The van der Waals surface area contributed by atoms with Gasteiger partial charge in [0, 0.05) is 22.6 Å². The van der Waals surface area contributed by atoms with Gasteiger partial charge in [-0.1, -0.05) is 6.07 Å². The average Bonchev–Trinajstić information content (AvgIpc) is 2.73. The molecule has 0 fully saturated rings. The minimum atomic E-state index is -0.0307. The number of hydrogen-bond donors (Lipinski definition) is 0. The second kappa shape index (κ2) is 4.75. The minimum Gasteiger partial charge on any atom is -0.217 e. The van der Waals surface area contributed by atoms with Crippen LogP contribution in [0.5, 0.6) is 0 Å². The summed E-state index contributed by atoms with van der Waals surface area (Å²) >= 11 is 1.50. The molecule has 0 aliphatic rings. The Morgan fingerprint density at radius 1 is 1.00 bits per heavy atom. The largest absolute Gasteiger partial charge is 0.335 e. The fourth-order valence-corrected chi connectivity index (χ4v) is 2.41. The van der Waals surface area contributed by atoms with E-state index in [0.29, 0.717) is 5.36 Å². The van der Waals surface area contributed by atoms with Crippen molar-refractivity contribution in [2.75, 3.05) is 0 Å². The van der Waals surface area contributed by atoms with E-state index >= 15 is 0 Å². The lowest BCUT2D eigenvalue weighted by Crippen LogP contribution is -2.16. The molecule has 0 saturated carbocycles. The molecule has 0 spiro atoms. The van der Waals surface area contributed by atoms with Gasteiger partial charge in [0.2, 0.25) is 0 Å². The lowest BCUT2D eigenvalue weighted by Gasteiger charge is -2.14. The third-order valence-electron chi connectivity index (χ3n) is 3.03. The molecule has 0 aliphatic carbocycles. The first-order valence-corrected chi connectivity index (χ1v) is 7.45. The van der Waals surface area contributed by atoms with Crippen LogP contribution in [0.25, 0.3) is 10.4 Å². The first-order valence-electron chi connectivity index (χ1n) is 7.13. The van der Waals surface area contributed by atoms with Gasteiger partial charge >= 0.3 is 11.5 Å². The lowest BCUT2D eigenvalue weighted by atomic mass is 9.88. The fourth-order valence-electron chi connectivity index (χ4n) is 1.78. The second-order valence-electron chi connectivity index (χ2n) is 6.99. The molecule has 0 radical (unpaired) electrons. The fraction of sp³-hybridized carbons (Fsp3) is 0.471. The third-order valence-corrected chi connectivity index (χ3v) is 3.87. The smallest absolute Gasteiger partial charge is 0.217 e. The van der Waals surface area contributed by atoms with E-state index in [-0.39, 0.29) is 10.8 Å². The van der Waals surface area contributed by atoms with Crippen molar-refractivity contribution in [2.45, 2.75) is 52.4 Å². The summed E-state index contributed by atoms with van der Waals surface area (Å²) in [5.41, 5.74) is 1.09. The number of rotatable bonds is 1. The van der Waals surface area contributed by atoms with Crippen molar-refractivity contribution in [1.82, 2.24) is 0 Å². The summed E-state index contributed by atoms with van der Waals surface area (Å²) < 4.78 is 13.8. The van der Waals surface area contributed by atoms with Crippen LogP contribution < -0.4 is 0 Å². The molecule has 0 aliphatic heterocycles. The van der Waals surface area contributed by atoms with Crippen LogP contribution in [0.2, 0.25) is 0 Å². The Morgan fingerprint density at radius 2 is 1.53 bits per heavy atom. The zero-order valence-electron chi connectivity index (χ0n) is 13.6. The highest BCUT2D eigenvalue weighted by atomic mass is 32.1. The molecule has 1 nitrogen and oxygen atoms in total. The summed E-state index contributed by atoms with van der Waals surface area (Å²) in [6.45, 7) is 13.0. The van der Waals surface area contributed by atoms with Crippen LogP contribution >= 0.6 is 11.3 Å². The minimum absolute atomic E-state index is 0.0307. The van der Waals surface area contributed by atoms with Crippen molar-refractivity contribution in [3.05, 3.63) is 41.1 Å². The van der Waals surface area contributed by atoms with Gasteiger partial charge < -0.3 is 0 Å². The first kappa shape index (κ1) is 12.9. The number of hydrogen-bond acceptors (Lipinski definition) is 1. The summed E-state index contributed by atoms with van der Waals surface area (Å²) in [6, 6.07) is 8.08. The summed E-state index contributed by atoms with van der Waals surface area (Å²) in [5.74, 6) is 1.97. The van der Waals surface area contributed by atoms with E-state index in [2.05, 4.69) is 53.7 Å². The van der Waals surface area contributed by atoms with Crippen LogP contribution in [0.1, 0.15) is 54.4 Å². The molecule has 2 aromatic rings. The predicted octanol–water partition coefficient (Wildman–Crippen LogP) is 5.88. The van der Waals surface area contributed by atoms with E-state index in [0.717, 1.165) is 22.0 Å². The average molecular weight is 276 g/mol. The topological polar surface area (TPSA) is 11.3 Å². The van der Waals surface area contributed by atoms with Gasteiger partial charge in [-0.05, 0) is 53.0 Å². The zero-order valence-corrected chi connectivity index (χ0v) is 13.4. The van der Waals surface area contributed by atoms with Gasteiger partial charge in [-0.15, -0.1) is 11.3 Å². The van der Waals surface area contributed by atoms with Crippen molar-refractivity contribution < 1.29 is 5.79 Å². The van der Waals surface area contributed by atoms with E-state index in [9.17, 15) is 0 Å². The zero-order chi connectivity index (χ0) is 15.1. The predicted molar refractivity (Wildman–Crippen MR) is 83.8 cm³/mol. The standard InChI is InChI=1S/C17H23OS/c1-16(2,3)14-10-12(13-8-7-9-19-13)11-15(18-14)17(4,5)6/h7-11H,1-6H3/q+1/i9D. The highest BCUT2D eigenvalue weighted by Gasteiger charge is 2.34. The van der Waals surface area contributed by atoms with Gasteiger partial charge in [0.1, 0.15) is 0 Å². The molecule has 102 valence electrons. The van der Waals surface area contributed by atoms with Crippen LogP contribution in [-0.2, 0) is 10.8 Å². The molecule has 0 saturated heterocycles. The van der Waals surface area contributed by atoms with Gasteiger partial charge in [0.15, 0.2) is 0 Å². The first-order chi connectivity index (χ1) is 9.07. The summed E-state index contributed by atoms with van der Waals surface area (Å²) in [4.78, 5) is 1.13. The van der Waals surface area contributed by atoms with Crippen LogP contribution in [0.4, 0.5) is 0 Å². The van der Waals surface area contributed by atoms with Crippen LogP contribution in [0.3, 0.4) is 0 Å². The Kier molecular flexibility index (Phi) is 3.22. The molecule has 2 heteroatoms. The molecule has 2 heterocycles. The summed E-state index contributed by atoms with van der Waals surface area (Å²) in [6.07, 6.45) is 0. The highest BCUT2D eigenvalue weighted by Crippen LogP contribution is 2.35. The number of thiophene rings is 1. The van der Waals surface area contributed by atoms with Crippen molar-refractivity contribution >= 4 is 11.3 Å². The SMILES string of the molecule is [2H]c1ccc(-c2cc(C(C)(C)C)[o+]c(C(C)(C)C)c2)s1. The molecule has 0 aromatic carbocycles. The molecule has 0 amide bonds. The maximum absolute atomic E-state index is 7.71. The normalized spacial score (nSPS) is 13.5. The van der Waals surface area contributed by atoms with E-state index in [1.54, 1.807) is 0 Å². The Hall–Kier alpha value is -1.15. The van der Waals surface area contributed by atoms with Gasteiger partial charge in [-0.2, -0.15) is 0 Å². The molecular weight excluding hydrogens is 252 g/mol. The quantitative estimate of drug-likeness (QED) is 0.591. The molecule has 0 unspecified atom stereocenters. The molecule has 0 N–H and O–H groups in total. The van der Waals surface area contributed by atoms with Gasteiger partial charge in [0.25, 0.3) is 0 Å². The van der Waals surface area contributed by atoms with Crippen LogP contribution in [-0.4, -0.2) is 0 Å². The Morgan fingerprint density at radius 3 is 1.89 bits per heavy atom. The molecule has 0 atom stereocenters. The van der Waals surface area contributed by atoms with Gasteiger partial charge in [-0.25, -0.2) is 4.42 Å². The summed E-state index contributed by atoms with van der Waals surface area (Å²) in [7, 11) is 0. The molecular formula is C17H23OS+. The second-order valence-corrected chi connectivity index (χ2v) is 7.87. The maximum atomic E-state index is 7.71. The van der Waals surface area contributed by atoms with E-state index in [1.165, 1.54) is 11.3 Å². The molecule has 0 bridgehead atoms. The highest BCUT2D eigenvalue weighted by molar-refractivity contribution is 7.13. The van der Waals surface area contributed by atoms with Crippen molar-refractivity contribution in [1.29, 1.82) is 0 Å². The Balaban J connectivity index is 2.63. The van der Waals surface area contributed by atoms with Crippen LogP contribution in [0.15, 0.2) is 34.0 Å².